The first-order chi connectivity index (χ1) is 14.5. The van der Waals surface area contributed by atoms with E-state index in [1.807, 2.05) is 35.4 Å². The molecule has 0 amide bonds. The van der Waals surface area contributed by atoms with Crippen molar-refractivity contribution >= 4 is 45.8 Å². The lowest BCUT2D eigenvalue weighted by Crippen LogP contribution is -2.13. The second kappa shape index (κ2) is 8.94. The Bertz CT molecular complexity index is 1170. The first-order valence-corrected chi connectivity index (χ1v) is 10.6. The normalized spacial score (nSPS) is 12.6. The van der Waals surface area contributed by atoms with Crippen LogP contribution in [0.3, 0.4) is 0 Å². The molecule has 0 saturated carbocycles. The van der Waals surface area contributed by atoms with Crippen molar-refractivity contribution in [1.82, 2.24) is 24.3 Å². The van der Waals surface area contributed by atoms with Crippen LogP contribution in [0.4, 0.5) is 0 Å². The van der Waals surface area contributed by atoms with E-state index in [0.717, 1.165) is 34.4 Å². The predicted octanol–water partition coefficient (Wildman–Crippen LogP) is 5.87. The lowest BCUT2D eigenvalue weighted by Gasteiger charge is -2.21. The molecular weight excluding hydrogens is 445 g/mol. The summed E-state index contributed by atoms with van der Waals surface area (Å²) in [6.45, 7) is 5.50. The van der Waals surface area contributed by atoms with E-state index < -0.39 is 0 Å². The summed E-state index contributed by atoms with van der Waals surface area (Å²) in [4.78, 5) is 8.67. The molecular formula is C21H20Cl3N5O. The van der Waals surface area contributed by atoms with Crippen LogP contribution >= 0.6 is 34.8 Å². The maximum absolute atomic E-state index is 6.71. The van der Waals surface area contributed by atoms with Gasteiger partial charge in [-0.1, -0.05) is 40.9 Å². The van der Waals surface area contributed by atoms with Gasteiger partial charge in [-0.05, 0) is 26.0 Å². The molecule has 1 atom stereocenters. The van der Waals surface area contributed by atoms with E-state index in [1.54, 1.807) is 30.9 Å². The molecule has 0 spiro atoms. The molecule has 4 aromatic rings. The summed E-state index contributed by atoms with van der Waals surface area (Å²) in [6, 6.07) is 5.40. The summed E-state index contributed by atoms with van der Waals surface area (Å²) < 4.78 is 10.1. The zero-order valence-corrected chi connectivity index (χ0v) is 18.8. The van der Waals surface area contributed by atoms with Crippen molar-refractivity contribution < 1.29 is 4.74 Å². The molecule has 0 aliphatic rings. The molecule has 3 aromatic heterocycles. The van der Waals surface area contributed by atoms with E-state index >= 15 is 0 Å². The number of rotatable bonds is 7. The highest BCUT2D eigenvalue weighted by Gasteiger charge is 2.20. The van der Waals surface area contributed by atoms with Gasteiger partial charge in [0.1, 0.15) is 6.10 Å². The standard InChI is InChI=1S/C21H20Cl3N5O/c1-3-29-21-19(13(2)27-29)20(24)14(9-26-21)11-30-18(10-28-7-6-25-12-28)16-5-4-15(22)8-17(16)23/h4-9,12,18H,3,10-11H2,1-2H3. The maximum atomic E-state index is 6.71. The number of halogens is 3. The van der Waals surface area contributed by atoms with Crippen molar-refractivity contribution in [3.8, 4) is 0 Å². The van der Waals surface area contributed by atoms with Crippen molar-refractivity contribution in [2.75, 3.05) is 0 Å². The summed E-state index contributed by atoms with van der Waals surface area (Å²) >= 11 is 19.2. The van der Waals surface area contributed by atoms with Crippen LogP contribution in [0.5, 0.6) is 0 Å². The molecule has 30 heavy (non-hydrogen) atoms. The van der Waals surface area contributed by atoms with Crippen molar-refractivity contribution in [2.24, 2.45) is 0 Å². The Morgan fingerprint density at radius 3 is 2.73 bits per heavy atom. The molecule has 1 unspecified atom stereocenters. The molecule has 1 aromatic carbocycles. The van der Waals surface area contributed by atoms with Crippen molar-refractivity contribution in [3.05, 3.63) is 75.0 Å². The van der Waals surface area contributed by atoms with Crippen LogP contribution in [0.25, 0.3) is 11.0 Å². The van der Waals surface area contributed by atoms with Gasteiger partial charge in [-0.15, -0.1) is 0 Å². The van der Waals surface area contributed by atoms with E-state index in [4.69, 9.17) is 39.5 Å². The monoisotopic (exact) mass is 463 g/mol. The lowest BCUT2D eigenvalue weighted by molar-refractivity contribution is 0.0280. The van der Waals surface area contributed by atoms with Crippen molar-refractivity contribution in [2.45, 2.75) is 39.6 Å². The summed E-state index contributed by atoms with van der Waals surface area (Å²) in [7, 11) is 0. The second-order valence-electron chi connectivity index (χ2n) is 6.92. The molecule has 3 heterocycles. The van der Waals surface area contributed by atoms with E-state index in [2.05, 4.69) is 15.1 Å². The molecule has 156 valence electrons. The number of pyridine rings is 1. The average Bonchev–Trinajstić information content (AvgIpc) is 3.34. The highest BCUT2D eigenvalue weighted by molar-refractivity contribution is 6.36. The van der Waals surface area contributed by atoms with Gasteiger partial charge >= 0.3 is 0 Å². The minimum absolute atomic E-state index is 0.275. The minimum Gasteiger partial charge on any atom is -0.367 e. The largest absolute Gasteiger partial charge is 0.367 e. The number of hydrogen-bond donors (Lipinski definition) is 0. The van der Waals surface area contributed by atoms with Crippen LogP contribution in [-0.4, -0.2) is 24.3 Å². The second-order valence-corrected chi connectivity index (χ2v) is 8.14. The third-order valence-electron chi connectivity index (χ3n) is 4.93. The third kappa shape index (κ3) is 4.18. The quantitative estimate of drug-likeness (QED) is 0.343. The number of hydrogen-bond acceptors (Lipinski definition) is 4. The van der Waals surface area contributed by atoms with Gasteiger partial charge in [-0.2, -0.15) is 5.10 Å². The van der Waals surface area contributed by atoms with Crippen molar-refractivity contribution in [1.29, 1.82) is 0 Å². The summed E-state index contributed by atoms with van der Waals surface area (Å²) in [5.74, 6) is 0. The number of ether oxygens (including phenoxy) is 1. The van der Waals surface area contributed by atoms with Crippen LogP contribution in [0.2, 0.25) is 15.1 Å². The number of nitrogens with zero attached hydrogens (tertiary/aromatic N) is 5. The van der Waals surface area contributed by atoms with E-state index in [-0.39, 0.29) is 12.7 Å². The van der Waals surface area contributed by atoms with Gasteiger partial charge in [0.05, 0.1) is 35.6 Å². The highest BCUT2D eigenvalue weighted by Crippen LogP contribution is 2.33. The summed E-state index contributed by atoms with van der Waals surface area (Å²) in [5, 5.41) is 7.10. The molecule has 0 saturated heterocycles. The van der Waals surface area contributed by atoms with Gasteiger partial charge < -0.3 is 9.30 Å². The molecule has 0 radical (unpaired) electrons. The lowest BCUT2D eigenvalue weighted by atomic mass is 10.1. The maximum Gasteiger partial charge on any atom is 0.159 e. The zero-order valence-electron chi connectivity index (χ0n) is 16.5. The van der Waals surface area contributed by atoms with Gasteiger partial charge in [0, 0.05) is 46.3 Å². The molecule has 6 nitrogen and oxygen atoms in total. The Hall–Kier alpha value is -2.12. The van der Waals surface area contributed by atoms with Gasteiger partial charge in [0.15, 0.2) is 5.65 Å². The van der Waals surface area contributed by atoms with Crippen molar-refractivity contribution in [3.63, 3.8) is 0 Å². The van der Waals surface area contributed by atoms with Gasteiger partial charge in [0.2, 0.25) is 0 Å². The van der Waals surface area contributed by atoms with E-state index in [0.29, 0.717) is 21.6 Å². The number of aryl methyl sites for hydroxylation is 2. The van der Waals surface area contributed by atoms with Crippen LogP contribution in [0, 0.1) is 6.92 Å². The predicted molar refractivity (Wildman–Crippen MR) is 119 cm³/mol. The van der Waals surface area contributed by atoms with E-state index in [1.165, 1.54) is 0 Å². The molecule has 9 heteroatoms. The molecule has 0 fully saturated rings. The fraction of sp³-hybridized carbons (Fsp3) is 0.286. The molecule has 0 bridgehead atoms. The van der Waals surface area contributed by atoms with Gasteiger partial charge in [0.25, 0.3) is 0 Å². The Morgan fingerprint density at radius 2 is 2.03 bits per heavy atom. The number of benzene rings is 1. The Morgan fingerprint density at radius 1 is 1.20 bits per heavy atom. The fourth-order valence-electron chi connectivity index (χ4n) is 3.41. The minimum atomic E-state index is -0.324. The molecule has 0 aliphatic heterocycles. The zero-order chi connectivity index (χ0) is 21.3. The Kier molecular flexibility index (Phi) is 6.29. The highest BCUT2D eigenvalue weighted by atomic mass is 35.5. The summed E-state index contributed by atoms with van der Waals surface area (Å²) in [6.07, 6.45) is 6.77. The number of aromatic nitrogens is 5. The number of fused-ring (bicyclic) bond motifs is 1. The van der Waals surface area contributed by atoms with Gasteiger partial charge in [-0.3, -0.25) is 0 Å². The topological polar surface area (TPSA) is 57.8 Å². The van der Waals surface area contributed by atoms with Crippen LogP contribution in [-0.2, 0) is 24.4 Å². The molecule has 0 N–H and O–H groups in total. The average molecular weight is 465 g/mol. The Balaban J connectivity index is 1.63. The van der Waals surface area contributed by atoms with Crippen LogP contribution < -0.4 is 0 Å². The summed E-state index contributed by atoms with van der Waals surface area (Å²) in [5.41, 5.74) is 3.26. The smallest absolute Gasteiger partial charge is 0.159 e. The first-order valence-electron chi connectivity index (χ1n) is 9.50. The fourth-order valence-corrected chi connectivity index (χ4v) is 4.27. The van der Waals surface area contributed by atoms with E-state index in [9.17, 15) is 0 Å². The first kappa shape index (κ1) is 21.1. The SMILES string of the molecule is CCn1nc(C)c2c(Cl)c(COC(Cn3ccnc3)c3ccc(Cl)cc3Cl)cnc21. The number of imidazole rings is 1. The Labute approximate surface area is 189 Å². The van der Waals surface area contributed by atoms with Crippen LogP contribution in [0.15, 0.2) is 43.1 Å². The molecule has 4 rings (SSSR count). The third-order valence-corrected chi connectivity index (χ3v) is 5.92. The molecule has 0 aliphatic carbocycles. The van der Waals surface area contributed by atoms with Crippen LogP contribution in [0.1, 0.15) is 29.8 Å². The van der Waals surface area contributed by atoms with Gasteiger partial charge in [-0.25, -0.2) is 14.6 Å².